The Bertz CT molecular complexity index is 975. The summed E-state index contributed by atoms with van der Waals surface area (Å²) in [7, 11) is -3.72. The maximum Gasteiger partial charge on any atom is 0.260 e. The number of nitrogens with zero attached hydrogens (tertiary/aromatic N) is 2. The molecule has 0 saturated heterocycles. The van der Waals surface area contributed by atoms with Crippen LogP contribution in [0.5, 0.6) is 11.5 Å². The number of carbonyl (C=O) groups excluding carboxylic acids is 1. The van der Waals surface area contributed by atoms with Crippen molar-refractivity contribution in [3.05, 3.63) is 54.1 Å². The third-order valence-corrected chi connectivity index (χ3v) is 5.30. The van der Waals surface area contributed by atoms with Crippen LogP contribution >= 0.6 is 0 Å². The van der Waals surface area contributed by atoms with Gasteiger partial charge in [0.1, 0.15) is 18.0 Å². The second-order valence-electron chi connectivity index (χ2n) is 6.73. The van der Waals surface area contributed by atoms with Gasteiger partial charge in [-0.3, -0.25) is 9.10 Å². The van der Waals surface area contributed by atoms with Crippen molar-refractivity contribution in [2.24, 2.45) is 5.10 Å². The number of hydrogen-bond acceptors (Lipinski definition) is 6. The van der Waals surface area contributed by atoms with E-state index in [2.05, 4.69) is 17.5 Å². The molecule has 0 aliphatic carbocycles. The molecule has 0 bridgehead atoms. The predicted octanol–water partition coefficient (Wildman–Crippen LogP) is 3.18. The summed E-state index contributed by atoms with van der Waals surface area (Å²) in [4.78, 5) is 12.3. The first-order chi connectivity index (χ1) is 14.8. The maximum absolute atomic E-state index is 12.3. The molecule has 0 fully saturated rings. The van der Waals surface area contributed by atoms with Gasteiger partial charge in [0.25, 0.3) is 5.91 Å². The van der Waals surface area contributed by atoms with Crippen molar-refractivity contribution in [2.75, 3.05) is 30.3 Å². The van der Waals surface area contributed by atoms with Gasteiger partial charge in [-0.2, -0.15) is 5.10 Å². The van der Waals surface area contributed by atoms with E-state index in [1.54, 1.807) is 31.2 Å². The minimum Gasteiger partial charge on any atom is -0.494 e. The molecule has 2 aromatic rings. The number of anilines is 1. The van der Waals surface area contributed by atoms with Crippen LogP contribution in [0.1, 0.15) is 32.3 Å². The molecule has 9 heteroatoms. The fourth-order valence-electron chi connectivity index (χ4n) is 2.65. The molecule has 0 radical (unpaired) electrons. The highest BCUT2D eigenvalue weighted by atomic mass is 32.2. The van der Waals surface area contributed by atoms with Gasteiger partial charge >= 0.3 is 0 Å². The molecule has 8 nitrogen and oxygen atoms in total. The summed E-state index contributed by atoms with van der Waals surface area (Å²) in [5.41, 5.74) is 3.43. The smallest absolute Gasteiger partial charge is 0.260 e. The molecule has 1 amide bonds. The number of nitrogens with one attached hydrogen (secondary N) is 1. The minimum atomic E-state index is -3.72. The Morgan fingerprint density at radius 3 is 2.45 bits per heavy atom. The summed E-state index contributed by atoms with van der Waals surface area (Å²) in [6.45, 7) is 4.51. The number of rotatable bonds is 12. The van der Waals surface area contributed by atoms with E-state index in [1.807, 2.05) is 24.3 Å². The SMILES string of the molecule is CCCCOc1ccc(/C=N\NC(=O)CN(c2ccccc2OCC)S(C)(=O)=O)cc1. The van der Waals surface area contributed by atoms with Crippen LogP contribution in [-0.2, 0) is 14.8 Å². The number of ether oxygens (including phenoxy) is 2. The molecule has 1 N–H and O–H groups in total. The maximum atomic E-state index is 12.3. The van der Waals surface area contributed by atoms with E-state index in [9.17, 15) is 13.2 Å². The zero-order chi connectivity index (χ0) is 22.7. The molecule has 0 heterocycles. The Kier molecular flexibility index (Phi) is 9.33. The highest BCUT2D eigenvalue weighted by Crippen LogP contribution is 2.29. The van der Waals surface area contributed by atoms with E-state index in [0.29, 0.717) is 24.7 Å². The van der Waals surface area contributed by atoms with E-state index in [1.165, 1.54) is 6.21 Å². The highest BCUT2D eigenvalue weighted by Gasteiger charge is 2.23. The summed E-state index contributed by atoms with van der Waals surface area (Å²) in [5, 5.41) is 3.92. The topological polar surface area (TPSA) is 97.3 Å². The minimum absolute atomic E-state index is 0.296. The van der Waals surface area contributed by atoms with Crippen molar-refractivity contribution < 1.29 is 22.7 Å². The van der Waals surface area contributed by atoms with Gasteiger partial charge < -0.3 is 9.47 Å². The van der Waals surface area contributed by atoms with Gasteiger partial charge in [-0.15, -0.1) is 0 Å². The number of amides is 1. The second-order valence-corrected chi connectivity index (χ2v) is 8.64. The van der Waals surface area contributed by atoms with E-state index in [4.69, 9.17) is 9.47 Å². The number of carbonyl (C=O) groups is 1. The molecule has 0 unspecified atom stereocenters. The lowest BCUT2D eigenvalue weighted by Crippen LogP contribution is -2.39. The molecule has 0 aromatic heterocycles. The monoisotopic (exact) mass is 447 g/mol. The van der Waals surface area contributed by atoms with Gasteiger partial charge in [-0.05, 0) is 55.3 Å². The largest absolute Gasteiger partial charge is 0.494 e. The van der Waals surface area contributed by atoms with Crippen LogP contribution in [0.3, 0.4) is 0 Å². The average Bonchev–Trinajstić information content (AvgIpc) is 2.73. The van der Waals surface area contributed by atoms with Crippen LogP contribution < -0.4 is 19.2 Å². The summed E-state index contributed by atoms with van der Waals surface area (Å²) >= 11 is 0. The van der Waals surface area contributed by atoms with Crippen LogP contribution in [0.25, 0.3) is 0 Å². The van der Waals surface area contributed by atoms with Crippen LogP contribution in [0, 0.1) is 0 Å². The summed E-state index contributed by atoms with van der Waals surface area (Å²) in [6, 6.07) is 14.0. The first kappa shape index (κ1) is 24.2. The van der Waals surface area contributed by atoms with E-state index in [0.717, 1.165) is 34.7 Å². The molecule has 0 aliphatic rings. The molecule has 0 atom stereocenters. The first-order valence-corrected chi connectivity index (χ1v) is 11.9. The van der Waals surface area contributed by atoms with E-state index < -0.39 is 22.5 Å². The molecule has 0 aliphatic heterocycles. The molecular formula is C22H29N3O5S. The van der Waals surface area contributed by atoms with Gasteiger partial charge in [0.15, 0.2) is 0 Å². The zero-order valence-electron chi connectivity index (χ0n) is 18.1. The number of sulfonamides is 1. The quantitative estimate of drug-likeness (QED) is 0.306. The summed E-state index contributed by atoms with van der Waals surface area (Å²) < 4.78 is 36.7. The number of para-hydroxylation sites is 2. The molecule has 168 valence electrons. The second kappa shape index (κ2) is 11.9. The van der Waals surface area contributed by atoms with Crippen molar-refractivity contribution in [2.45, 2.75) is 26.7 Å². The number of benzene rings is 2. The van der Waals surface area contributed by atoms with Crippen LogP contribution in [0.2, 0.25) is 0 Å². The van der Waals surface area contributed by atoms with Gasteiger partial charge in [0.2, 0.25) is 10.0 Å². The fraction of sp³-hybridized carbons (Fsp3) is 0.364. The van der Waals surface area contributed by atoms with Gasteiger partial charge in [0.05, 0.1) is 31.4 Å². The highest BCUT2D eigenvalue weighted by molar-refractivity contribution is 7.92. The zero-order valence-corrected chi connectivity index (χ0v) is 18.9. The van der Waals surface area contributed by atoms with Crippen molar-refractivity contribution in [3.63, 3.8) is 0 Å². The summed E-state index contributed by atoms with van der Waals surface area (Å²) in [5.74, 6) is 0.576. The lowest BCUT2D eigenvalue weighted by Gasteiger charge is -2.23. The third-order valence-electron chi connectivity index (χ3n) is 4.17. The van der Waals surface area contributed by atoms with Gasteiger partial charge in [-0.25, -0.2) is 13.8 Å². The van der Waals surface area contributed by atoms with Gasteiger partial charge in [0, 0.05) is 0 Å². The molecule has 31 heavy (non-hydrogen) atoms. The van der Waals surface area contributed by atoms with Crippen molar-refractivity contribution in [1.82, 2.24) is 5.43 Å². The Hall–Kier alpha value is -3.07. The molecule has 0 spiro atoms. The van der Waals surface area contributed by atoms with E-state index >= 15 is 0 Å². The summed E-state index contributed by atoms with van der Waals surface area (Å²) in [6.07, 6.45) is 4.58. The first-order valence-electron chi connectivity index (χ1n) is 10.1. The molecule has 0 saturated carbocycles. The van der Waals surface area contributed by atoms with Crippen molar-refractivity contribution in [1.29, 1.82) is 0 Å². The standard InChI is InChI=1S/C22H29N3O5S/c1-4-6-15-30-19-13-11-18(12-14-19)16-23-24-22(26)17-25(31(3,27)28)20-9-7-8-10-21(20)29-5-2/h7-14,16H,4-6,15,17H2,1-3H3,(H,24,26)/b23-16-. The Morgan fingerprint density at radius 2 is 1.81 bits per heavy atom. The fourth-order valence-corrected chi connectivity index (χ4v) is 3.51. The lowest BCUT2D eigenvalue weighted by atomic mass is 10.2. The molecule has 2 aromatic carbocycles. The van der Waals surface area contributed by atoms with Crippen LogP contribution in [0.15, 0.2) is 53.6 Å². The van der Waals surface area contributed by atoms with Crippen LogP contribution in [-0.4, -0.2) is 46.6 Å². The average molecular weight is 448 g/mol. The van der Waals surface area contributed by atoms with Gasteiger partial charge in [-0.1, -0.05) is 25.5 Å². The third kappa shape index (κ3) is 7.93. The number of unbranched alkanes of at least 4 members (excludes halogenated alkanes) is 1. The van der Waals surface area contributed by atoms with Crippen molar-refractivity contribution in [3.8, 4) is 11.5 Å². The van der Waals surface area contributed by atoms with E-state index in [-0.39, 0.29) is 0 Å². The Labute approximate surface area is 183 Å². The van der Waals surface area contributed by atoms with Crippen molar-refractivity contribution >= 4 is 27.8 Å². The normalized spacial score (nSPS) is 11.3. The van der Waals surface area contributed by atoms with Crippen LogP contribution in [0.4, 0.5) is 5.69 Å². The number of hydrazone groups is 1. The lowest BCUT2D eigenvalue weighted by molar-refractivity contribution is -0.119. The molecule has 2 rings (SSSR count). The Morgan fingerprint density at radius 1 is 1.10 bits per heavy atom. The number of hydrogen-bond donors (Lipinski definition) is 1. The molecular weight excluding hydrogens is 418 g/mol. The Balaban J connectivity index is 2.01. The predicted molar refractivity (Wildman–Crippen MR) is 122 cm³/mol.